The Morgan fingerprint density at radius 2 is 2.13 bits per heavy atom. The van der Waals surface area contributed by atoms with Crippen LogP contribution in [-0.4, -0.2) is 26.5 Å². The van der Waals surface area contributed by atoms with E-state index in [4.69, 9.17) is 11.6 Å². The molecule has 0 fully saturated rings. The van der Waals surface area contributed by atoms with Crippen LogP contribution in [0.15, 0.2) is 17.0 Å². The van der Waals surface area contributed by atoms with Crippen LogP contribution >= 0.6 is 11.6 Å². The van der Waals surface area contributed by atoms with Crippen LogP contribution in [0.1, 0.15) is 10.5 Å². The van der Waals surface area contributed by atoms with Crippen LogP contribution in [0.4, 0.5) is 3.89 Å². The quantitative estimate of drug-likeness (QED) is 0.450. The van der Waals surface area contributed by atoms with Gasteiger partial charge in [-0.2, -0.15) is 8.42 Å². The minimum atomic E-state index is -5.03. The Bertz CT molecular complexity index is 502. The molecule has 0 atom stereocenters. The van der Waals surface area contributed by atoms with Gasteiger partial charge in [0, 0.05) is 0 Å². The smallest absolute Gasteiger partial charge is 0.358 e. The van der Waals surface area contributed by atoms with Crippen molar-refractivity contribution in [3.05, 3.63) is 23.0 Å². The lowest BCUT2D eigenvalue weighted by Gasteiger charge is -2.02. The van der Waals surface area contributed by atoms with E-state index in [2.05, 4.69) is 9.72 Å². The van der Waals surface area contributed by atoms with Crippen molar-refractivity contribution >= 4 is 27.8 Å². The van der Waals surface area contributed by atoms with Crippen molar-refractivity contribution in [1.82, 2.24) is 4.98 Å². The molecule has 0 unspecified atom stereocenters. The van der Waals surface area contributed by atoms with Gasteiger partial charge in [-0.05, 0) is 12.1 Å². The maximum Gasteiger partial charge on any atom is 0.358 e. The second-order valence-corrected chi connectivity index (χ2v) is 4.11. The van der Waals surface area contributed by atoms with E-state index in [9.17, 15) is 17.1 Å². The van der Waals surface area contributed by atoms with Gasteiger partial charge in [0.25, 0.3) is 0 Å². The number of carbonyl (C=O) groups is 1. The van der Waals surface area contributed by atoms with Crippen molar-refractivity contribution in [2.24, 2.45) is 0 Å². The predicted molar refractivity (Wildman–Crippen MR) is 48.9 cm³/mol. The van der Waals surface area contributed by atoms with Crippen molar-refractivity contribution in [1.29, 1.82) is 0 Å². The Labute approximate surface area is 90.0 Å². The van der Waals surface area contributed by atoms with Gasteiger partial charge in [0.15, 0.2) is 5.69 Å². The van der Waals surface area contributed by atoms with E-state index in [1.807, 2.05) is 0 Å². The van der Waals surface area contributed by atoms with Gasteiger partial charge in [-0.15, -0.1) is 3.89 Å². The summed E-state index contributed by atoms with van der Waals surface area (Å²) in [5.41, 5.74) is -0.674. The lowest BCUT2D eigenvalue weighted by Crippen LogP contribution is -2.10. The van der Waals surface area contributed by atoms with Gasteiger partial charge < -0.3 is 4.74 Å². The molecule has 1 aromatic heterocycles. The van der Waals surface area contributed by atoms with Crippen molar-refractivity contribution in [3.63, 3.8) is 0 Å². The number of methoxy groups -OCH3 is 1. The number of rotatable bonds is 2. The molecule has 0 spiro atoms. The standard InChI is InChI=1S/C7H5ClFNO4S/c1-14-7(11)6-4(15(9,12)13)2-3-5(8)10-6/h2-3H,1H3. The normalized spacial score (nSPS) is 11.1. The molecular formula is C7H5ClFNO4S. The Morgan fingerprint density at radius 1 is 1.53 bits per heavy atom. The van der Waals surface area contributed by atoms with E-state index < -0.39 is 26.8 Å². The number of carbonyl (C=O) groups excluding carboxylic acids is 1. The summed E-state index contributed by atoms with van der Waals surface area (Å²) >= 11 is 5.43. The monoisotopic (exact) mass is 253 g/mol. The molecule has 0 amide bonds. The van der Waals surface area contributed by atoms with Gasteiger partial charge in [0.1, 0.15) is 10.0 Å². The number of pyridine rings is 1. The highest BCUT2D eigenvalue weighted by Gasteiger charge is 2.24. The van der Waals surface area contributed by atoms with E-state index in [0.717, 1.165) is 19.2 Å². The molecule has 0 bridgehead atoms. The Balaban J connectivity index is 3.47. The number of nitrogens with zero attached hydrogens (tertiary/aromatic N) is 1. The lowest BCUT2D eigenvalue weighted by molar-refractivity contribution is 0.0589. The van der Waals surface area contributed by atoms with Gasteiger partial charge in [-0.25, -0.2) is 9.78 Å². The maximum atomic E-state index is 12.7. The average molecular weight is 254 g/mol. The molecule has 8 heteroatoms. The van der Waals surface area contributed by atoms with E-state index in [1.54, 1.807) is 0 Å². The maximum absolute atomic E-state index is 12.7. The minimum absolute atomic E-state index is 0.136. The molecule has 1 heterocycles. The fraction of sp³-hybridized carbons (Fsp3) is 0.143. The second kappa shape index (κ2) is 4.11. The van der Waals surface area contributed by atoms with Crippen LogP contribution in [0.5, 0.6) is 0 Å². The summed E-state index contributed by atoms with van der Waals surface area (Å²) < 4.78 is 38.2. The first kappa shape index (κ1) is 11.9. The first-order valence-corrected chi connectivity index (χ1v) is 5.32. The molecule has 82 valence electrons. The van der Waals surface area contributed by atoms with E-state index in [1.165, 1.54) is 0 Å². The lowest BCUT2D eigenvalue weighted by atomic mass is 10.3. The molecule has 0 radical (unpaired) electrons. The number of hydrogen-bond donors (Lipinski definition) is 0. The summed E-state index contributed by atoms with van der Waals surface area (Å²) in [5, 5.41) is -0.136. The first-order valence-electron chi connectivity index (χ1n) is 3.56. The van der Waals surface area contributed by atoms with Crippen molar-refractivity contribution in [2.75, 3.05) is 7.11 Å². The molecule has 1 aromatic rings. The molecule has 0 saturated carbocycles. The predicted octanol–water partition coefficient (Wildman–Crippen LogP) is 1.18. The molecule has 0 aliphatic rings. The van der Waals surface area contributed by atoms with Gasteiger partial charge in [-0.3, -0.25) is 0 Å². The number of aromatic nitrogens is 1. The number of hydrogen-bond acceptors (Lipinski definition) is 5. The Hall–Kier alpha value is -1.21. The van der Waals surface area contributed by atoms with E-state index in [-0.39, 0.29) is 5.15 Å². The fourth-order valence-corrected chi connectivity index (χ4v) is 1.60. The Kier molecular flexibility index (Phi) is 3.25. The zero-order chi connectivity index (χ0) is 11.6. The van der Waals surface area contributed by atoms with Gasteiger partial charge in [0.05, 0.1) is 7.11 Å². The molecule has 5 nitrogen and oxygen atoms in total. The SMILES string of the molecule is COC(=O)c1nc(Cl)ccc1S(=O)(=O)F. The molecule has 0 saturated heterocycles. The Morgan fingerprint density at radius 3 is 2.60 bits per heavy atom. The number of esters is 1. The molecule has 0 aliphatic carbocycles. The molecule has 0 aromatic carbocycles. The second-order valence-electron chi connectivity index (χ2n) is 2.41. The van der Waals surface area contributed by atoms with Gasteiger partial charge in [0.2, 0.25) is 0 Å². The molecular weight excluding hydrogens is 249 g/mol. The molecule has 15 heavy (non-hydrogen) atoms. The number of ether oxygens (including phenoxy) is 1. The third kappa shape index (κ3) is 2.63. The highest BCUT2D eigenvalue weighted by atomic mass is 35.5. The van der Waals surface area contributed by atoms with E-state index in [0.29, 0.717) is 0 Å². The number of halogens is 2. The summed E-state index contributed by atoms with van der Waals surface area (Å²) in [4.78, 5) is 13.6. The zero-order valence-corrected chi connectivity index (χ0v) is 8.97. The van der Waals surface area contributed by atoms with Crippen LogP contribution < -0.4 is 0 Å². The highest BCUT2D eigenvalue weighted by molar-refractivity contribution is 7.86. The third-order valence-corrected chi connectivity index (χ3v) is 2.53. The summed E-state index contributed by atoms with van der Waals surface area (Å²) in [7, 11) is -4.01. The van der Waals surface area contributed by atoms with Crippen LogP contribution in [0.3, 0.4) is 0 Å². The fourth-order valence-electron chi connectivity index (χ4n) is 0.862. The van der Waals surface area contributed by atoms with Gasteiger partial charge in [-0.1, -0.05) is 11.6 Å². The minimum Gasteiger partial charge on any atom is -0.464 e. The summed E-state index contributed by atoms with van der Waals surface area (Å²) in [6.07, 6.45) is 0. The van der Waals surface area contributed by atoms with Crippen molar-refractivity contribution in [3.8, 4) is 0 Å². The summed E-state index contributed by atoms with van der Waals surface area (Å²) in [6, 6.07) is 1.90. The van der Waals surface area contributed by atoms with Crippen LogP contribution in [0.25, 0.3) is 0 Å². The van der Waals surface area contributed by atoms with Crippen molar-refractivity contribution < 1.29 is 21.8 Å². The van der Waals surface area contributed by atoms with Crippen molar-refractivity contribution in [2.45, 2.75) is 4.90 Å². The van der Waals surface area contributed by atoms with Crippen LogP contribution in [0, 0.1) is 0 Å². The molecule has 0 aliphatic heterocycles. The van der Waals surface area contributed by atoms with Crippen LogP contribution in [-0.2, 0) is 15.0 Å². The van der Waals surface area contributed by atoms with Crippen LogP contribution in [0.2, 0.25) is 5.15 Å². The largest absolute Gasteiger partial charge is 0.464 e. The van der Waals surface area contributed by atoms with Gasteiger partial charge >= 0.3 is 16.2 Å². The first-order chi connectivity index (χ1) is 6.86. The highest BCUT2D eigenvalue weighted by Crippen LogP contribution is 2.19. The molecule has 0 N–H and O–H groups in total. The molecule has 1 rings (SSSR count). The van der Waals surface area contributed by atoms with E-state index >= 15 is 0 Å². The third-order valence-electron chi connectivity index (χ3n) is 1.47. The summed E-state index contributed by atoms with van der Waals surface area (Å²) in [5.74, 6) is -1.08. The average Bonchev–Trinajstić information content (AvgIpc) is 2.14. The summed E-state index contributed by atoms with van der Waals surface area (Å²) in [6.45, 7) is 0. The topological polar surface area (TPSA) is 73.3 Å². The zero-order valence-electron chi connectivity index (χ0n) is 7.40.